The van der Waals surface area contributed by atoms with Gasteiger partial charge in [-0.1, -0.05) is 13.8 Å². The van der Waals surface area contributed by atoms with E-state index in [-0.39, 0.29) is 19.1 Å². The molecule has 0 atom stereocenters. The SMILES string of the molecule is CC(C)(N)CO.CC(C)CCNC(=O)CNN. The number of hydrogen-bond donors (Lipinski definition) is 5. The quantitative estimate of drug-likeness (QED) is 0.316. The average Bonchev–Trinajstić information content (AvgIpc) is 2.17. The van der Waals surface area contributed by atoms with Gasteiger partial charge in [-0.25, -0.2) is 0 Å². The van der Waals surface area contributed by atoms with Gasteiger partial charge < -0.3 is 16.2 Å². The minimum Gasteiger partial charge on any atom is -0.394 e. The van der Waals surface area contributed by atoms with Crippen LogP contribution in [-0.4, -0.2) is 36.2 Å². The van der Waals surface area contributed by atoms with Crippen LogP contribution in [0.2, 0.25) is 0 Å². The van der Waals surface area contributed by atoms with Gasteiger partial charge in [-0.2, -0.15) is 0 Å². The number of nitrogens with one attached hydrogen (secondary N) is 2. The van der Waals surface area contributed by atoms with Crippen LogP contribution < -0.4 is 22.3 Å². The lowest BCUT2D eigenvalue weighted by Crippen LogP contribution is -2.37. The van der Waals surface area contributed by atoms with Gasteiger partial charge in [-0.05, 0) is 26.2 Å². The summed E-state index contributed by atoms with van der Waals surface area (Å²) in [7, 11) is 0. The summed E-state index contributed by atoms with van der Waals surface area (Å²) in [5, 5.41) is 11.0. The van der Waals surface area contributed by atoms with Gasteiger partial charge in [0.15, 0.2) is 0 Å². The van der Waals surface area contributed by atoms with Gasteiger partial charge in [-0.15, -0.1) is 0 Å². The molecule has 7 N–H and O–H groups in total. The Labute approximate surface area is 104 Å². The van der Waals surface area contributed by atoms with Crippen molar-refractivity contribution in [2.24, 2.45) is 17.5 Å². The molecule has 0 radical (unpaired) electrons. The Hall–Kier alpha value is -0.690. The van der Waals surface area contributed by atoms with Crippen molar-refractivity contribution in [1.82, 2.24) is 10.7 Å². The number of hydrazine groups is 1. The van der Waals surface area contributed by atoms with E-state index >= 15 is 0 Å². The van der Waals surface area contributed by atoms with Gasteiger partial charge in [0.25, 0.3) is 0 Å². The molecule has 6 heteroatoms. The zero-order chi connectivity index (χ0) is 13.9. The topological polar surface area (TPSA) is 113 Å². The summed E-state index contributed by atoms with van der Waals surface area (Å²) in [4.78, 5) is 10.8. The van der Waals surface area contributed by atoms with Crippen molar-refractivity contribution in [3.8, 4) is 0 Å². The highest BCUT2D eigenvalue weighted by atomic mass is 16.3. The molecule has 0 aliphatic heterocycles. The summed E-state index contributed by atoms with van der Waals surface area (Å²) in [6, 6.07) is 0. The molecule has 0 bridgehead atoms. The fraction of sp³-hybridized carbons (Fsp3) is 0.909. The molecule has 0 fully saturated rings. The zero-order valence-electron chi connectivity index (χ0n) is 11.4. The maximum absolute atomic E-state index is 10.8. The maximum Gasteiger partial charge on any atom is 0.235 e. The fourth-order valence-corrected chi connectivity index (χ4v) is 0.655. The molecular formula is C11H28N4O2. The van der Waals surface area contributed by atoms with Gasteiger partial charge in [0.05, 0.1) is 13.2 Å². The first-order valence-electron chi connectivity index (χ1n) is 5.82. The third-order valence-corrected chi connectivity index (χ3v) is 1.71. The van der Waals surface area contributed by atoms with Gasteiger partial charge in [0.2, 0.25) is 5.91 Å². The lowest BCUT2D eigenvalue weighted by atomic mass is 10.1. The molecule has 17 heavy (non-hydrogen) atoms. The van der Waals surface area contributed by atoms with E-state index in [1.54, 1.807) is 13.8 Å². The Kier molecular flexibility index (Phi) is 11.5. The highest BCUT2D eigenvalue weighted by molar-refractivity contribution is 5.77. The second-order valence-corrected chi connectivity index (χ2v) is 5.06. The predicted molar refractivity (Wildman–Crippen MR) is 70.0 cm³/mol. The fourth-order valence-electron chi connectivity index (χ4n) is 0.655. The van der Waals surface area contributed by atoms with Crippen LogP contribution in [0.15, 0.2) is 0 Å². The molecule has 0 unspecified atom stereocenters. The van der Waals surface area contributed by atoms with E-state index in [1.165, 1.54) is 0 Å². The minimum atomic E-state index is -0.403. The van der Waals surface area contributed by atoms with Crippen molar-refractivity contribution in [1.29, 1.82) is 0 Å². The summed E-state index contributed by atoms with van der Waals surface area (Å²) in [5.74, 6) is 5.53. The first-order valence-corrected chi connectivity index (χ1v) is 5.82. The Bertz CT molecular complexity index is 190. The van der Waals surface area contributed by atoms with Crippen molar-refractivity contribution in [3.05, 3.63) is 0 Å². The summed E-state index contributed by atoms with van der Waals surface area (Å²) in [6.07, 6.45) is 1.01. The van der Waals surface area contributed by atoms with E-state index in [0.29, 0.717) is 5.92 Å². The molecule has 6 nitrogen and oxygen atoms in total. The molecule has 0 aromatic rings. The minimum absolute atomic E-state index is 0.0480. The molecule has 104 valence electrons. The highest BCUT2D eigenvalue weighted by Crippen LogP contribution is 1.95. The summed E-state index contributed by atoms with van der Waals surface area (Å²) >= 11 is 0. The number of aliphatic hydroxyl groups excluding tert-OH is 1. The Balaban J connectivity index is 0. The first-order chi connectivity index (χ1) is 7.72. The van der Waals surface area contributed by atoms with Crippen molar-refractivity contribution in [3.63, 3.8) is 0 Å². The van der Waals surface area contributed by atoms with E-state index in [1.807, 2.05) is 0 Å². The summed E-state index contributed by atoms with van der Waals surface area (Å²) < 4.78 is 0. The average molecular weight is 248 g/mol. The van der Waals surface area contributed by atoms with Crippen molar-refractivity contribution < 1.29 is 9.90 Å². The number of carbonyl (C=O) groups is 1. The van der Waals surface area contributed by atoms with Crippen LogP contribution in [0.4, 0.5) is 0 Å². The zero-order valence-corrected chi connectivity index (χ0v) is 11.4. The Morgan fingerprint density at radius 3 is 2.18 bits per heavy atom. The maximum atomic E-state index is 10.8. The number of rotatable bonds is 6. The normalized spacial score (nSPS) is 10.8. The van der Waals surface area contributed by atoms with E-state index in [9.17, 15) is 4.79 Å². The van der Waals surface area contributed by atoms with E-state index < -0.39 is 5.54 Å². The summed E-state index contributed by atoms with van der Waals surface area (Å²) in [5.41, 5.74) is 7.18. The molecule has 1 amide bonds. The molecule has 0 aromatic heterocycles. The number of hydrogen-bond acceptors (Lipinski definition) is 5. The summed E-state index contributed by atoms with van der Waals surface area (Å²) in [6.45, 7) is 8.75. The van der Waals surface area contributed by atoms with E-state index in [2.05, 4.69) is 24.6 Å². The monoisotopic (exact) mass is 248 g/mol. The van der Waals surface area contributed by atoms with Crippen LogP contribution in [0.5, 0.6) is 0 Å². The Morgan fingerprint density at radius 2 is 1.88 bits per heavy atom. The third kappa shape index (κ3) is 21.2. The lowest BCUT2D eigenvalue weighted by Gasteiger charge is -2.12. The molecule has 0 saturated heterocycles. The molecule has 0 aromatic carbocycles. The largest absolute Gasteiger partial charge is 0.394 e. The lowest BCUT2D eigenvalue weighted by molar-refractivity contribution is -0.120. The molecular weight excluding hydrogens is 220 g/mol. The van der Waals surface area contributed by atoms with E-state index in [4.69, 9.17) is 16.7 Å². The molecule has 0 rings (SSSR count). The number of amides is 1. The second-order valence-electron chi connectivity index (χ2n) is 5.06. The van der Waals surface area contributed by atoms with Crippen molar-refractivity contribution >= 4 is 5.91 Å². The predicted octanol–water partition coefficient (Wildman–Crippen LogP) is -0.672. The van der Waals surface area contributed by atoms with Crippen LogP contribution in [0.3, 0.4) is 0 Å². The van der Waals surface area contributed by atoms with Crippen LogP contribution >= 0.6 is 0 Å². The molecule has 0 aliphatic rings. The van der Waals surface area contributed by atoms with Crippen LogP contribution in [0.25, 0.3) is 0 Å². The number of aliphatic hydroxyl groups is 1. The molecule has 0 aliphatic carbocycles. The first kappa shape index (κ1) is 18.7. The second kappa shape index (κ2) is 10.5. The van der Waals surface area contributed by atoms with Crippen LogP contribution in [-0.2, 0) is 4.79 Å². The van der Waals surface area contributed by atoms with Gasteiger partial charge >= 0.3 is 0 Å². The standard InChI is InChI=1S/C7H17N3O.C4H11NO/c1-6(2)3-4-9-7(11)5-10-8;1-4(2,5)3-6/h6,10H,3-5,8H2,1-2H3,(H,9,11);6H,3,5H2,1-2H3. The number of nitrogens with two attached hydrogens (primary N) is 2. The van der Waals surface area contributed by atoms with Gasteiger partial charge in [-0.3, -0.25) is 16.1 Å². The highest BCUT2D eigenvalue weighted by Gasteiger charge is 2.05. The Morgan fingerprint density at radius 1 is 1.41 bits per heavy atom. The molecule has 0 heterocycles. The van der Waals surface area contributed by atoms with Gasteiger partial charge in [0, 0.05) is 12.1 Å². The molecule has 0 saturated carbocycles. The van der Waals surface area contributed by atoms with Crippen molar-refractivity contribution in [2.45, 2.75) is 39.7 Å². The van der Waals surface area contributed by atoms with E-state index in [0.717, 1.165) is 13.0 Å². The number of carbonyl (C=O) groups excluding carboxylic acids is 1. The smallest absolute Gasteiger partial charge is 0.235 e. The van der Waals surface area contributed by atoms with Crippen LogP contribution in [0, 0.1) is 5.92 Å². The van der Waals surface area contributed by atoms with Crippen LogP contribution in [0.1, 0.15) is 34.1 Å². The van der Waals surface area contributed by atoms with Gasteiger partial charge in [0.1, 0.15) is 0 Å². The van der Waals surface area contributed by atoms with Crippen molar-refractivity contribution in [2.75, 3.05) is 19.7 Å². The molecule has 0 spiro atoms. The third-order valence-electron chi connectivity index (χ3n) is 1.71.